The van der Waals surface area contributed by atoms with Gasteiger partial charge in [-0.05, 0) is 31.0 Å². The number of aryl methyl sites for hydroxylation is 1. The SMILES string of the molecule is Cc1ccc(NC2OCCc3ccccc32)cc1. The second-order valence-corrected chi connectivity index (χ2v) is 4.71. The number of hydrogen-bond donors (Lipinski definition) is 1. The maximum atomic E-state index is 5.83. The molecule has 0 fully saturated rings. The van der Waals surface area contributed by atoms with Gasteiger partial charge in [0.2, 0.25) is 0 Å². The molecule has 1 atom stereocenters. The fourth-order valence-corrected chi connectivity index (χ4v) is 2.31. The molecule has 92 valence electrons. The van der Waals surface area contributed by atoms with Crippen LogP contribution in [-0.4, -0.2) is 6.61 Å². The molecule has 2 aromatic carbocycles. The molecule has 3 rings (SSSR count). The highest BCUT2D eigenvalue weighted by Crippen LogP contribution is 2.28. The molecule has 0 radical (unpaired) electrons. The van der Waals surface area contributed by atoms with Crippen LogP contribution >= 0.6 is 0 Å². The largest absolute Gasteiger partial charge is 0.356 e. The Kier molecular flexibility index (Phi) is 3.03. The van der Waals surface area contributed by atoms with E-state index >= 15 is 0 Å². The third kappa shape index (κ3) is 2.24. The fourth-order valence-electron chi connectivity index (χ4n) is 2.31. The van der Waals surface area contributed by atoms with Crippen molar-refractivity contribution in [3.05, 3.63) is 65.2 Å². The molecule has 1 unspecified atom stereocenters. The molecule has 0 bridgehead atoms. The van der Waals surface area contributed by atoms with Gasteiger partial charge in [0.1, 0.15) is 0 Å². The molecule has 0 saturated carbocycles. The van der Waals surface area contributed by atoms with Gasteiger partial charge in [-0.1, -0.05) is 42.0 Å². The summed E-state index contributed by atoms with van der Waals surface area (Å²) in [6.45, 7) is 2.87. The zero-order chi connectivity index (χ0) is 12.4. The van der Waals surface area contributed by atoms with E-state index in [4.69, 9.17) is 4.74 Å². The van der Waals surface area contributed by atoms with Crippen molar-refractivity contribution in [2.75, 3.05) is 11.9 Å². The van der Waals surface area contributed by atoms with E-state index in [0.717, 1.165) is 18.7 Å². The molecule has 0 spiro atoms. The first-order valence-corrected chi connectivity index (χ1v) is 6.35. The van der Waals surface area contributed by atoms with Crippen molar-refractivity contribution >= 4 is 5.69 Å². The van der Waals surface area contributed by atoms with E-state index < -0.39 is 0 Å². The molecular weight excluding hydrogens is 222 g/mol. The number of rotatable bonds is 2. The van der Waals surface area contributed by atoms with Crippen LogP contribution in [0.15, 0.2) is 48.5 Å². The molecule has 1 aliphatic heterocycles. The van der Waals surface area contributed by atoms with E-state index in [0.29, 0.717) is 0 Å². The summed E-state index contributed by atoms with van der Waals surface area (Å²) < 4.78 is 5.83. The average Bonchev–Trinajstić information content (AvgIpc) is 2.42. The summed E-state index contributed by atoms with van der Waals surface area (Å²) in [4.78, 5) is 0. The predicted molar refractivity (Wildman–Crippen MR) is 73.6 cm³/mol. The number of benzene rings is 2. The summed E-state index contributed by atoms with van der Waals surface area (Å²) in [6, 6.07) is 16.9. The van der Waals surface area contributed by atoms with E-state index in [9.17, 15) is 0 Å². The Morgan fingerprint density at radius 2 is 1.83 bits per heavy atom. The van der Waals surface area contributed by atoms with Gasteiger partial charge in [0.05, 0.1) is 6.61 Å². The highest BCUT2D eigenvalue weighted by atomic mass is 16.5. The molecular formula is C16H17NO. The van der Waals surface area contributed by atoms with Gasteiger partial charge in [-0.15, -0.1) is 0 Å². The van der Waals surface area contributed by atoms with Gasteiger partial charge >= 0.3 is 0 Å². The third-order valence-corrected chi connectivity index (χ3v) is 3.34. The summed E-state index contributed by atoms with van der Waals surface area (Å²) in [5.74, 6) is 0. The molecule has 0 aliphatic carbocycles. The van der Waals surface area contributed by atoms with Crippen molar-refractivity contribution in [3.63, 3.8) is 0 Å². The monoisotopic (exact) mass is 239 g/mol. The summed E-state index contributed by atoms with van der Waals surface area (Å²) >= 11 is 0. The Bertz CT molecular complexity index is 533. The van der Waals surface area contributed by atoms with Crippen LogP contribution < -0.4 is 5.32 Å². The average molecular weight is 239 g/mol. The van der Waals surface area contributed by atoms with Crippen LogP contribution in [0.2, 0.25) is 0 Å². The van der Waals surface area contributed by atoms with Crippen molar-refractivity contribution in [3.8, 4) is 0 Å². The molecule has 1 N–H and O–H groups in total. The van der Waals surface area contributed by atoms with Gasteiger partial charge in [0.25, 0.3) is 0 Å². The summed E-state index contributed by atoms with van der Waals surface area (Å²) in [7, 11) is 0. The number of anilines is 1. The third-order valence-electron chi connectivity index (χ3n) is 3.34. The molecule has 2 nitrogen and oxygen atoms in total. The summed E-state index contributed by atoms with van der Waals surface area (Å²) in [5, 5.41) is 3.44. The lowest BCUT2D eigenvalue weighted by atomic mass is 10.0. The van der Waals surface area contributed by atoms with Crippen LogP contribution in [0.25, 0.3) is 0 Å². The maximum absolute atomic E-state index is 5.83. The molecule has 0 amide bonds. The lowest BCUT2D eigenvalue weighted by molar-refractivity contribution is 0.0618. The van der Waals surface area contributed by atoms with Crippen LogP contribution in [0.4, 0.5) is 5.69 Å². The normalized spacial score (nSPS) is 18.2. The van der Waals surface area contributed by atoms with Gasteiger partial charge in [-0.2, -0.15) is 0 Å². The molecule has 1 aliphatic rings. The van der Waals surface area contributed by atoms with E-state index in [1.165, 1.54) is 16.7 Å². The summed E-state index contributed by atoms with van der Waals surface area (Å²) in [5.41, 5.74) is 5.01. The zero-order valence-electron chi connectivity index (χ0n) is 10.5. The lowest BCUT2D eigenvalue weighted by Crippen LogP contribution is -2.22. The number of fused-ring (bicyclic) bond motifs is 1. The van der Waals surface area contributed by atoms with Crippen molar-refractivity contribution < 1.29 is 4.74 Å². The van der Waals surface area contributed by atoms with Crippen molar-refractivity contribution in [1.29, 1.82) is 0 Å². The molecule has 0 saturated heterocycles. The molecule has 2 heteroatoms. The highest BCUT2D eigenvalue weighted by molar-refractivity contribution is 5.47. The Hall–Kier alpha value is -1.80. The van der Waals surface area contributed by atoms with Crippen LogP contribution in [-0.2, 0) is 11.2 Å². The van der Waals surface area contributed by atoms with E-state index in [-0.39, 0.29) is 6.23 Å². The Balaban J connectivity index is 1.84. The second kappa shape index (κ2) is 4.83. The first-order chi connectivity index (χ1) is 8.83. The standard InChI is InChI=1S/C16H17NO/c1-12-6-8-14(9-7-12)17-16-15-5-3-2-4-13(15)10-11-18-16/h2-9,16-17H,10-11H2,1H3. The topological polar surface area (TPSA) is 21.3 Å². The number of ether oxygens (including phenoxy) is 1. The minimum atomic E-state index is -0.0299. The van der Waals surface area contributed by atoms with Gasteiger partial charge < -0.3 is 10.1 Å². The van der Waals surface area contributed by atoms with Crippen LogP contribution in [0.3, 0.4) is 0 Å². The van der Waals surface area contributed by atoms with Gasteiger partial charge in [-0.25, -0.2) is 0 Å². The van der Waals surface area contributed by atoms with Gasteiger partial charge in [0.15, 0.2) is 6.23 Å². The van der Waals surface area contributed by atoms with Crippen LogP contribution in [0.5, 0.6) is 0 Å². The van der Waals surface area contributed by atoms with Crippen LogP contribution in [0, 0.1) is 6.92 Å². The minimum Gasteiger partial charge on any atom is -0.356 e. The van der Waals surface area contributed by atoms with Crippen molar-refractivity contribution in [2.24, 2.45) is 0 Å². The van der Waals surface area contributed by atoms with Gasteiger partial charge in [-0.3, -0.25) is 0 Å². The maximum Gasteiger partial charge on any atom is 0.154 e. The predicted octanol–water partition coefficient (Wildman–Crippen LogP) is 3.68. The van der Waals surface area contributed by atoms with E-state index in [2.05, 4.69) is 60.8 Å². The number of hydrogen-bond acceptors (Lipinski definition) is 2. The Morgan fingerprint density at radius 3 is 2.67 bits per heavy atom. The lowest BCUT2D eigenvalue weighted by Gasteiger charge is -2.27. The van der Waals surface area contributed by atoms with E-state index in [1.54, 1.807) is 0 Å². The number of nitrogens with one attached hydrogen (secondary N) is 1. The molecule has 2 aromatic rings. The molecule has 18 heavy (non-hydrogen) atoms. The summed E-state index contributed by atoms with van der Waals surface area (Å²) in [6.07, 6.45) is 0.972. The quantitative estimate of drug-likeness (QED) is 0.863. The first-order valence-electron chi connectivity index (χ1n) is 6.35. The Labute approximate surface area is 108 Å². The highest BCUT2D eigenvalue weighted by Gasteiger charge is 2.19. The molecule has 1 heterocycles. The van der Waals surface area contributed by atoms with Crippen LogP contribution in [0.1, 0.15) is 22.9 Å². The van der Waals surface area contributed by atoms with E-state index in [1.807, 2.05) is 0 Å². The smallest absolute Gasteiger partial charge is 0.154 e. The molecule has 0 aromatic heterocycles. The zero-order valence-corrected chi connectivity index (χ0v) is 10.5. The van der Waals surface area contributed by atoms with Crippen molar-refractivity contribution in [1.82, 2.24) is 0 Å². The minimum absolute atomic E-state index is 0.0299. The first kappa shape index (κ1) is 11.3. The van der Waals surface area contributed by atoms with Gasteiger partial charge in [0, 0.05) is 11.3 Å². The Morgan fingerprint density at radius 1 is 1.06 bits per heavy atom. The van der Waals surface area contributed by atoms with Crippen molar-refractivity contribution in [2.45, 2.75) is 19.6 Å². The fraction of sp³-hybridized carbons (Fsp3) is 0.250. The second-order valence-electron chi connectivity index (χ2n) is 4.71.